The lowest BCUT2D eigenvalue weighted by molar-refractivity contribution is -0.145. The maximum absolute atomic E-state index is 13.5. The zero-order chi connectivity index (χ0) is 68.6. The van der Waals surface area contributed by atoms with Gasteiger partial charge in [0.15, 0.2) is 5.11 Å². The minimum Gasteiger partial charge on any atom is -0.480 e. The van der Waals surface area contributed by atoms with E-state index in [0.29, 0.717) is 54.0 Å². The third kappa shape index (κ3) is 32.9. The summed E-state index contributed by atoms with van der Waals surface area (Å²) < 4.78 is 0. The number of rotatable bonds is 46. The lowest BCUT2D eigenvalue weighted by atomic mass is 10.0. The number of carbonyl (C=O) groups is 12. The molecule has 0 saturated carbocycles. The number of carbonyl (C=O) groups excluding carboxylic acids is 2. The molecule has 92 heavy (non-hydrogen) atoms. The Kier molecular flexibility index (Phi) is 34.0. The van der Waals surface area contributed by atoms with Gasteiger partial charge in [0.25, 0.3) is 0 Å². The molecule has 36 heteroatoms. The highest BCUT2D eigenvalue weighted by atomic mass is 32.1. The van der Waals surface area contributed by atoms with Crippen molar-refractivity contribution in [2.24, 2.45) is 5.73 Å². The van der Waals surface area contributed by atoms with E-state index in [-0.39, 0.29) is 70.1 Å². The van der Waals surface area contributed by atoms with Crippen molar-refractivity contribution in [1.29, 1.82) is 0 Å². The second kappa shape index (κ2) is 40.3. The molecule has 2 amide bonds. The van der Waals surface area contributed by atoms with E-state index < -0.39 is 167 Å². The standard InChI is InChI=1S/C56H80N12O22S2/c57-54(89)40-12-13-42(62-56(92)59-37-10-8-35(9-11-37)20-39(68(32-52(85)86)33-53(87)88)23-64(25-45(71)72)16-18-66(28-48(77)78)29-49(79)80)60-41(55(90)61-40)3-1-2-14-58-43(91)21-36-6-4-34(5-7-36)19-38(67(30-50(81)82)31-51(83)84)22-63(24-44(69)70)15-17-65(26-46(73)74)27-47(75)76/h4-11,38-42,60H,1-3,12-33H2,(H2,57,89)(H,58,91)(H,61,90)(H,69,70)(H,71,72)(H,73,74)(H,75,76)(H,77,78)(H,79,80)(H,81,82)(H,83,84)(H,85,86)(H,87,88)(H2,59,62,92)/t38-,39-,40?,41?,42?/m0/s1. The average molecular weight is 1340 g/mol. The van der Waals surface area contributed by atoms with E-state index in [9.17, 15) is 109 Å². The Balaban J connectivity index is 1.67. The quantitative estimate of drug-likeness (QED) is 0.0230. The van der Waals surface area contributed by atoms with E-state index >= 15 is 0 Å². The molecule has 17 N–H and O–H groups in total. The monoisotopic (exact) mass is 1340 g/mol. The summed E-state index contributed by atoms with van der Waals surface area (Å²) in [6, 6.07) is 9.86. The third-order valence-corrected chi connectivity index (χ3v) is 14.7. The normalized spacial score (nSPS) is 15.6. The van der Waals surface area contributed by atoms with Crippen LogP contribution in [-0.4, -0.2) is 304 Å². The van der Waals surface area contributed by atoms with Crippen molar-refractivity contribution in [3.05, 3.63) is 65.2 Å². The minimum atomic E-state index is -1.37. The van der Waals surface area contributed by atoms with E-state index in [1.807, 2.05) is 0 Å². The Bertz CT molecular complexity index is 2830. The van der Waals surface area contributed by atoms with Crippen molar-refractivity contribution in [3.63, 3.8) is 0 Å². The van der Waals surface area contributed by atoms with Gasteiger partial charge in [-0.15, -0.1) is 0 Å². The molecular weight excluding hydrogens is 1260 g/mol. The second-order valence-corrected chi connectivity index (χ2v) is 22.7. The summed E-state index contributed by atoms with van der Waals surface area (Å²) in [6.07, 6.45) is 1.44. The summed E-state index contributed by atoms with van der Waals surface area (Å²) in [6.45, 7) is -7.52. The summed E-state index contributed by atoms with van der Waals surface area (Å²) in [5, 5.41) is 111. The van der Waals surface area contributed by atoms with Crippen LogP contribution in [0.3, 0.4) is 0 Å². The maximum Gasteiger partial charge on any atom is 0.317 e. The fourth-order valence-corrected chi connectivity index (χ4v) is 10.6. The number of hydrogen-bond donors (Lipinski definition) is 16. The number of primary amides is 1. The van der Waals surface area contributed by atoms with Gasteiger partial charge < -0.3 is 78.1 Å². The Hall–Kier alpha value is -8.62. The van der Waals surface area contributed by atoms with Crippen LogP contribution < -0.4 is 32.3 Å². The first kappa shape index (κ1) is 77.6. The van der Waals surface area contributed by atoms with Crippen LogP contribution in [0.25, 0.3) is 0 Å². The first-order chi connectivity index (χ1) is 43.3. The van der Waals surface area contributed by atoms with Gasteiger partial charge in [-0.25, -0.2) is 0 Å². The molecule has 3 unspecified atom stereocenters. The number of unbranched alkanes of at least 4 members (excludes halogenated alkanes) is 1. The Morgan fingerprint density at radius 2 is 0.880 bits per heavy atom. The van der Waals surface area contributed by atoms with Crippen LogP contribution in [0.15, 0.2) is 48.5 Å². The summed E-state index contributed by atoms with van der Waals surface area (Å²) in [7, 11) is 0. The molecule has 0 bridgehead atoms. The van der Waals surface area contributed by atoms with Gasteiger partial charge in [0.1, 0.15) is 6.04 Å². The summed E-state index contributed by atoms with van der Waals surface area (Å²) in [5.74, 6) is -14.5. The number of thiocarbonyl (C=S) groups is 2. The highest BCUT2D eigenvalue weighted by Gasteiger charge is 2.32. The molecule has 2 aromatic rings. The summed E-state index contributed by atoms with van der Waals surface area (Å²) >= 11 is 11.3. The predicted octanol–water partition coefficient (Wildman–Crippen LogP) is -3.17. The number of anilines is 1. The van der Waals surface area contributed by atoms with E-state index in [1.54, 1.807) is 48.5 Å². The second-order valence-electron chi connectivity index (χ2n) is 21.8. The van der Waals surface area contributed by atoms with Crippen molar-refractivity contribution in [2.45, 2.75) is 81.7 Å². The topological polar surface area (TPSA) is 513 Å². The first-order valence-corrected chi connectivity index (χ1v) is 29.6. The molecule has 1 saturated heterocycles. The zero-order valence-electron chi connectivity index (χ0n) is 50.1. The zero-order valence-corrected chi connectivity index (χ0v) is 51.8. The number of nitrogens with zero attached hydrogens (tertiary/aromatic N) is 6. The van der Waals surface area contributed by atoms with Crippen LogP contribution in [0, 0.1) is 0 Å². The number of amides is 2. The third-order valence-electron chi connectivity index (χ3n) is 14.2. The van der Waals surface area contributed by atoms with Gasteiger partial charge in [-0.05, 0) is 86.0 Å². The molecule has 5 atom stereocenters. The molecule has 0 aromatic heterocycles. The molecule has 0 radical (unpaired) electrons. The van der Waals surface area contributed by atoms with Crippen molar-refractivity contribution in [1.82, 2.24) is 50.7 Å². The van der Waals surface area contributed by atoms with Crippen molar-refractivity contribution >= 4 is 112 Å². The predicted molar refractivity (Wildman–Crippen MR) is 332 cm³/mol. The fraction of sp³-hybridized carbons (Fsp3) is 0.536. The molecule has 1 aliphatic heterocycles. The van der Waals surface area contributed by atoms with Crippen molar-refractivity contribution in [3.8, 4) is 0 Å². The van der Waals surface area contributed by atoms with Gasteiger partial charge in [-0.1, -0.05) is 48.6 Å². The number of benzene rings is 2. The van der Waals surface area contributed by atoms with Gasteiger partial charge >= 0.3 is 59.7 Å². The number of carboxylic acid groups (broad SMARTS) is 10. The lowest BCUT2D eigenvalue weighted by Crippen LogP contribution is -2.60. The van der Waals surface area contributed by atoms with E-state index in [4.69, 9.17) is 30.2 Å². The Morgan fingerprint density at radius 3 is 1.27 bits per heavy atom. The SMILES string of the molecule is NC(=O)C1CCC(NC(=S)Nc2ccc(C[C@@H](CN(CCN(CC(=O)O)CC(=O)O)CC(=O)O)N(CC(=O)O)CC(=O)O)cc2)NC(CCCCNC(=S)Cc2ccc(C[C@@H](CN(CCN(CC(=O)O)CC(=O)O)CC(=O)O)N(CC(=O)O)CC(=O)O)cc2)C(=O)N1. The molecule has 1 heterocycles. The summed E-state index contributed by atoms with van der Waals surface area (Å²) in [4.78, 5) is 151. The molecule has 508 valence electrons. The molecule has 2 aromatic carbocycles. The Morgan fingerprint density at radius 1 is 0.511 bits per heavy atom. The average Bonchev–Trinajstić information content (AvgIpc) is 0.944. The molecule has 3 rings (SSSR count). The molecule has 0 spiro atoms. The molecular formula is C56H80N12O22S2. The number of nitrogens with two attached hydrogens (primary N) is 1. The highest BCUT2D eigenvalue weighted by molar-refractivity contribution is 7.80. The molecule has 1 aliphatic rings. The number of hydrogen-bond acceptors (Lipinski definition) is 21. The van der Waals surface area contributed by atoms with Gasteiger partial charge in [-0.3, -0.25) is 92.3 Å². The van der Waals surface area contributed by atoms with Gasteiger partial charge in [0.05, 0.1) is 82.6 Å². The van der Waals surface area contributed by atoms with Crippen LogP contribution in [0.1, 0.15) is 48.8 Å². The lowest BCUT2D eigenvalue weighted by Gasteiger charge is -2.34. The summed E-state index contributed by atoms with van der Waals surface area (Å²) in [5.41, 5.74) is 8.06. The van der Waals surface area contributed by atoms with Crippen LogP contribution >= 0.6 is 24.4 Å². The van der Waals surface area contributed by atoms with E-state index in [0.717, 1.165) is 25.2 Å². The molecule has 0 aliphatic carbocycles. The number of aliphatic carboxylic acids is 10. The van der Waals surface area contributed by atoms with Crippen LogP contribution in [0.4, 0.5) is 5.69 Å². The van der Waals surface area contributed by atoms with Gasteiger partial charge in [0.2, 0.25) is 11.8 Å². The number of carboxylic acids is 10. The Labute approximate surface area is 538 Å². The largest absolute Gasteiger partial charge is 0.480 e. The van der Waals surface area contributed by atoms with Gasteiger partial charge in [0, 0.05) is 70.0 Å². The van der Waals surface area contributed by atoms with E-state index in [2.05, 4.69) is 26.6 Å². The van der Waals surface area contributed by atoms with Crippen LogP contribution in [-0.2, 0) is 76.8 Å². The van der Waals surface area contributed by atoms with Crippen molar-refractivity contribution in [2.75, 3.05) is 117 Å². The minimum absolute atomic E-state index is 0.00303. The fourth-order valence-electron chi connectivity index (χ4n) is 10.1. The van der Waals surface area contributed by atoms with Crippen LogP contribution in [0.5, 0.6) is 0 Å². The van der Waals surface area contributed by atoms with Crippen molar-refractivity contribution < 1.29 is 109 Å². The maximum atomic E-state index is 13.5. The molecule has 34 nitrogen and oxygen atoms in total. The molecule has 1 fully saturated rings. The number of nitrogens with one attached hydrogen (secondary N) is 5. The van der Waals surface area contributed by atoms with Gasteiger partial charge in [-0.2, -0.15) is 0 Å². The smallest absolute Gasteiger partial charge is 0.317 e. The van der Waals surface area contributed by atoms with E-state index in [1.165, 1.54) is 9.80 Å². The first-order valence-electron chi connectivity index (χ1n) is 28.7. The highest BCUT2D eigenvalue weighted by Crippen LogP contribution is 2.18. The van der Waals surface area contributed by atoms with Crippen LogP contribution in [0.2, 0.25) is 0 Å².